The normalized spacial score (nSPS) is 19.2. The Morgan fingerprint density at radius 3 is 2.81 bits per heavy atom. The first-order chi connectivity index (χ1) is 7.63. The molecule has 1 unspecified atom stereocenters. The van der Waals surface area contributed by atoms with Crippen LogP contribution in [0.15, 0.2) is 23.1 Å². The van der Waals surface area contributed by atoms with Gasteiger partial charge in [-0.05, 0) is 18.1 Å². The number of methoxy groups -OCH3 is 1. The molecule has 1 aromatic carbocycles. The molecule has 0 saturated carbocycles. The highest BCUT2D eigenvalue weighted by atomic mass is 32.2. The monoisotopic (exact) mass is 237 g/mol. The van der Waals surface area contributed by atoms with Gasteiger partial charge in [0.1, 0.15) is 5.75 Å². The van der Waals surface area contributed by atoms with Gasteiger partial charge in [-0.2, -0.15) is 0 Å². The first kappa shape index (κ1) is 11.3. The van der Waals surface area contributed by atoms with E-state index < -0.39 is 0 Å². The smallest absolute Gasteiger partial charge is 0.238 e. The molecule has 0 spiro atoms. The molecule has 1 aliphatic heterocycles. The summed E-state index contributed by atoms with van der Waals surface area (Å²) in [5.74, 6) is 1.11. The maximum absolute atomic E-state index is 11.9. The number of carbonyl (C=O) groups excluding carboxylic acids is 1. The first-order valence-electron chi connectivity index (χ1n) is 5.28. The third-order valence-corrected chi connectivity index (χ3v) is 4.18. The van der Waals surface area contributed by atoms with Gasteiger partial charge >= 0.3 is 0 Å². The molecule has 3 nitrogen and oxygen atoms in total. The fourth-order valence-corrected chi connectivity index (χ4v) is 2.86. The number of benzene rings is 1. The third kappa shape index (κ3) is 1.89. The van der Waals surface area contributed by atoms with Gasteiger partial charge in [0.25, 0.3) is 0 Å². The van der Waals surface area contributed by atoms with Gasteiger partial charge in [-0.3, -0.25) is 4.79 Å². The van der Waals surface area contributed by atoms with Gasteiger partial charge in [0.15, 0.2) is 0 Å². The number of hydrogen-bond donors (Lipinski definition) is 1. The summed E-state index contributed by atoms with van der Waals surface area (Å²) in [4.78, 5) is 13.0. The van der Waals surface area contributed by atoms with Crippen molar-refractivity contribution < 1.29 is 9.53 Å². The minimum absolute atomic E-state index is 0.0143. The number of amides is 1. The van der Waals surface area contributed by atoms with Crippen molar-refractivity contribution in [3.63, 3.8) is 0 Å². The van der Waals surface area contributed by atoms with Crippen molar-refractivity contribution >= 4 is 23.4 Å². The van der Waals surface area contributed by atoms with Crippen molar-refractivity contribution in [3.05, 3.63) is 18.2 Å². The van der Waals surface area contributed by atoms with Gasteiger partial charge < -0.3 is 10.1 Å². The summed E-state index contributed by atoms with van der Waals surface area (Å²) in [5.41, 5.74) is 0.803. The highest BCUT2D eigenvalue weighted by molar-refractivity contribution is 8.01. The number of anilines is 1. The quantitative estimate of drug-likeness (QED) is 0.859. The van der Waals surface area contributed by atoms with E-state index in [9.17, 15) is 4.79 Å². The molecule has 0 aliphatic carbocycles. The van der Waals surface area contributed by atoms with Gasteiger partial charge in [-0.15, -0.1) is 11.8 Å². The van der Waals surface area contributed by atoms with Crippen LogP contribution in [0.5, 0.6) is 5.75 Å². The zero-order valence-corrected chi connectivity index (χ0v) is 10.4. The van der Waals surface area contributed by atoms with Crippen LogP contribution in [0.3, 0.4) is 0 Å². The summed E-state index contributed by atoms with van der Waals surface area (Å²) < 4.78 is 5.23. The van der Waals surface area contributed by atoms with Crippen molar-refractivity contribution in [2.24, 2.45) is 5.92 Å². The Kier molecular flexibility index (Phi) is 3.10. The topological polar surface area (TPSA) is 38.3 Å². The van der Waals surface area contributed by atoms with E-state index in [4.69, 9.17) is 4.74 Å². The van der Waals surface area contributed by atoms with Crippen LogP contribution in [0.25, 0.3) is 0 Å². The van der Waals surface area contributed by atoms with E-state index in [-0.39, 0.29) is 11.2 Å². The van der Waals surface area contributed by atoms with E-state index >= 15 is 0 Å². The third-order valence-electron chi connectivity index (χ3n) is 2.57. The molecule has 0 fully saturated rings. The summed E-state index contributed by atoms with van der Waals surface area (Å²) in [6, 6.07) is 5.81. The molecular formula is C12H15NO2S. The van der Waals surface area contributed by atoms with Gasteiger partial charge in [-0.1, -0.05) is 19.9 Å². The molecule has 0 radical (unpaired) electrons. The molecule has 0 bridgehead atoms. The van der Waals surface area contributed by atoms with Crippen molar-refractivity contribution in [2.75, 3.05) is 12.4 Å². The van der Waals surface area contributed by atoms with Crippen LogP contribution in [0.1, 0.15) is 13.8 Å². The van der Waals surface area contributed by atoms with Crippen LogP contribution < -0.4 is 10.1 Å². The van der Waals surface area contributed by atoms with Crippen LogP contribution in [0, 0.1) is 5.92 Å². The van der Waals surface area contributed by atoms with Crippen molar-refractivity contribution in [1.82, 2.24) is 0 Å². The lowest BCUT2D eigenvalue weighted by molar-refractivity contribution is -0.116. The van der Waals surface area contributed by atoms with E-state index in [0.717, 1.165) is 16.3 Å². The fourth-order valence-electron chi connectivity index (χ4n) is 1.73. The highest BCUT2D eigenvalue weighted by Gasteiger charge is 2.30. The molecule has 2 rings (SSSR count). The van der Waals surface area contributed by atoms with E-state index in [2.05, 4.69) is 19.2 Å². The predicted octanol–water partition coefficient (Wildman–Crippen LogP) is 2.76. The van der Waals surface area contributed by atoms with E-state index in [1.807, 2.05) is 18.2 Å². The Morgan fingerprint density at radius 1 is 1.44 bits per heavy atom. The van der Waals surface area contributed by atoms with Crippen LogP contribution in [0.4, 0.5) is 5.69 Å². The number of fused-ring (bicyclic) bond motifs is 1. The lowest BCUT2D eigenvalue weighted by Crippen LogP contribution is -2.32. The zero-order valence-electron chi connectivity index (χ0n) is 9.61. The molecule has 1 aromatic rings. The fraction of sp³-hybridized carbons (Fsp3) is 0.417. The van der Waals surface area contributed by atoms with E-state index in [1.165, 1.54) is 0 Å². The molecule has 1 heterocycles. The Balaban J connectivity index is 2.38. The zero-order chi connectivity index (χ0) is 11.7. The Labute approximate surface area is 99.6 Å². The lowest BCUT2D eigenvalue weighted by atomic mass is 10.1. The highest BCUT2D eigenvalue weighted by Crippen LogP contribution is 2.42. The SMILES string of the molecule is COc1cccc2c1NC(=O)C(C(C)C)S2. The maximum atomic E-state index is 11.9. The average Bonchev–Trinajstić information content (AvgIpc) is 2.27. The number of carbonyl (C=O) groups is 1. The van der Waals surface area contributed by atoms with E-state index in [1.54, 1.807) is 18.9 Å². The van der Waals surface area contributed by atoms with Crippen LogP contribution in [0.2, 0.25) is 0 Å². The molecule has 1 N–H and O–H groups in total. The Bertz CT molecular complexity index is 417. The van der Waals surface area contributed by atoms with Crippen LogP contribution >= 0.6 is 11.8 Å². The summed E-state index contributed by atoms with van der Waals surface area (Å²) in [6.45, 7) is 4.12. The predicted molar refractivity (Wildman–Crippen MR) is 66.1 cm³/mol. The summed E-state index contributed by atoms with van der Waals surface area (Å²) in [7, 11) is 1.61. The van der Waals surface area contributed by atoms with Crippen molar-refractivity contribution in [3.8, 4) is 5.75 Å². The molecule has 1 atom stereocenters. The number of para-hydroxylation sites is 1. The van der Waals surface area contributed by atoms with E-state index in [0.29, 0.717) is 5.92 Å². The molecule has 4 heteroatoms. The standard InChI is InChI=1S/C12H15NO2S/c1-7(2)11-12(14)13-10-8(15-3)5-4-6-9(10)16-11/h4-7,11H,1-3H3,(H,13,14). The van der Waals surface area contributed by atoms with Crippen LogP contribution in [-0.2, 0) is 4.79 Å². The number of nitrogens with one attached hydrogen (secondary N) is 1. The minimum Gasteiger partial charge on any atom is -0.495 e. The summed E-state index contributed by atoms with van der Waals surface area (Å²) >= 11 is 1.61. The molecule has 1 aliphatic rings. The number of ether oxygens (including phenoxy) is 1. The number of rotatable bonds is 2. The summed E-state index contributed by atoms with van der Waals surface area (Å²) in [5, 5.41) is 2.91. The van der Waals surface area contributed by atoms with Crippen molar-refractivity contribution in [1.29, 1.82) is 0 Å². The summed E-state index contributed by atoms with van der Waals surface area (Å²) in [6.07, 6.45) is 0. The molecule has 0 aromatic heterocycles. The molecule has 86 valence electrons. The number of thioether (sulfide) groups is 1. The van der Waals surface area contributed by atoms with Gasteiger partial charge in [-0.25, -0.2) is 0 Å². The van der Waals surface area contributed by atoms with Gasteiger partial charge in [0.05, 0.1) is 18.0 Å². The Hall–Kier alpha value is -1.16. The molecule has 1 amide bonds. The first-order valence-corrected chi connectivity index (χ1v) is 6.16. The second kappa shape index (κ2) is 4.37. The largest absolute Gasteiger partial charge is 0.495 e. The minimum atomic E-state index is -0.0143. The van der Waals surface area contributed by atoms with Gasteiger partial charge in [0.2, 0.25) is 5.91 Å². The molecule has 0 saturated heterocycles. The average molecular weight is 237 g/mol. The van der Waals surface area contributed by atoms with Gasteiger partial charge in [0, 0.05) is 4.90 Å². The lowest BCUT2D eigenvalue weighted by Gasteiger charge is -2.27. The second-order valence-electron chi connectivity index (χ2n) is 4.11. The Morgan fingerprint density at radius 2 is 2.19 bits per heavy atom. The molecular weight excluding hydrogens is 222 g/mol. The molecule has 16 heavy (non-hydrogen) atoms. The maximum Gasteiger partial charge on any atom is 0.238 e. The number of hydrogen-bond acceptors (Lipinski definition) is 3. The van der Waals surface area contributed by atoms with Crippen molar-refractivity contribution in [2.45, 2.75) is 24.0 Å². The second-order valence-corrected chi connectivity index (χ2v) is 5.29. The van der Waals surface area contributed by atoms with Crippen LogP contribution in [-0.4, -0.2) is 18.3 Å².